The molecule has 3 aromatic rings. The molecule has 160 valence electrons. The van der Waals surface area contributed by atoms with Crippen LogP contribution in [-0.4, -0.2) is 30.5 Å². The van der Waals surface area contributed by atoms with Crippen molar-refractivity contribution in [2.45, 2.75) is 19.8 Å². The number of halogens is 5. The Labute approximate surface area is 172 Å². The van der Waals surface area contributed by atoms with Crippen LogP contribution in [0.1, 0.15) is 5.89 Å². The Kier molecular flexibility index (Phi) is 6.83. The summed E-state index contributed by atoms with van der Waals surface area (Å²) in [5, 5.41) is 6.78. The average molecular weight is 448 g/mol. The van der Waals surface area contributed by atoms with Crippen LogP contribution in [0.3, 0.4) is 0 Å². The Bertz CT molecular complexity index is 1000. The fraction of sp³-hybridized carbons (Fsp3) is 0.222. The zero-order valence-electron chi connectivity index (χ0n) is 15.2. The van der Waals surface area contributed by atoms with Gasteiger partial charge in [0.15, 0.2) is 11.5 Å². The molecule has 1 N–H and O–H groups in total. The molecule has 0 radical (unpaired) electrons. The highest BCUT2D eigenvalue weighted by atomic mass is 35.5. The molecule has 0 saturated carbocycles. The van der Waals surface area contributed by atoms with E-state index in [-0.39, 0.29) is 40.5 Å². The third-order valence-electron chi connectivity index (χ3n) is 3.70. The average Bonchev–Trinajstić information content (AvgIpc) is 3.17. The van der Waals surface area contributed by atoms with E-state index in [2.05, 4.69) is 24.9 Å². The maximum Gasteiger partial charge on any atom is 0.387 e. The highest BCUT2D eigenvalue weighted by Crippen LogP contribution is 2.33. The first kappa shape index (κ1) is 21.5. The Balaban J connectivity index is 1.67. The molecular formula is C18H14ClF4N3O4. The van der Waals surface area contributed by atoms with Crippen LogP contribution in [0.2, 0.25) is 5.02 Å². The molecule has 0 aliphatic heterocycles. The smallest absolute Gasteiger partial charge is 0.387 e. The van der Waals surface area contributed by atoms with Crippen molar-refractivity contribution in [3.63, 3.8) is 0 Å². The third kappa shape index (κ3) is 5.44. The molecule has 7 nitrogen and oxygen atoms in total. The predicted octanol–water partition coefficient (Wildman–Crippen LogP) is 5.21. The molecule has 3 rings (SSSR count). The summed E-state index contributed by atoms with van der Waals surface area (Å²) in [6, 6.07) is 8.41. The van der Waals surface area contributed by atoms with Crippen LogP contribution in [-0.2, 0) is 6.54 Å². The lowest BCUT2D eigenvalue weighted by atomic mass is 10.2. The minimum Gasteiger partial charge on any atom is -0.493 e. The van der Waals surface area contributed by atoms with Crippen molar-refractivity contribution >= 4 is 17.3 Å². The van der Waals surface area contributed by atoms with Crippen LogP contribution >= 0.6 is 11.6 Å². The minimum atomic E-state index is -2.99. The van der Waals surface area contributed by atoms with Gasteiger partial charge in [0.05, 0.1) is 18.7 Å². The highest BCUT2D eigenvalue weighted by Gasteiger charge is 2.15. The largest absolute Gasteiger partial charge is 0.493 e. The van der Waals surface area contributed by atoms with E-state index in [9.17, 15) is 17.6 Å². The summed E-state index contributed by atoms with van der Waals surface area (Å²) >= 11 is 5.89. The summed E-state index contributed by atoms with van der Waals surface area (Å²) in [5.41, 5.74) is 0.969. The summed E-state index contributed by atoms with van der Waals surface area (Å²) in [5.74, 6) is 0.217. The van der Waals surface area contributed by atoms with Crippen molar-refractivity contribution in [2.24, 2.45) is 0 Å². The van der Waals surface area contributed by atoms with Gasteiger partial charge in [0.25, 0.3) is 0 Å². The standard InChI is InChI=1S/C18H14ClF4N3O4/c1-27-14-6-9(2-4-13(14)29-18(22)23)16-25-15(30-26-16)8-24-10-3-5-12(11(19)7-10)28-17(20)21/h2-7,17-18,24H,8H2,1H3. The van der Waals surface area contributed by atoms with Gasteiger partial charge in [-0.25, -0.2) is 0 Å². The monoisotopic (exact) mass is 447 g/mol. The van der Waals surface area contributed by atoms with E-state index in [4.69, 9.17) is 20.9 Å². The van der Waals surface area contributed by atoms with Gasteiger partial charge < -0.3 is 24.1 Å². The van der Waals surface area contributed by atoms with E-state index in [0.29, 0.717) is 11.3 Å². The molecule has 0 aliphatic carbocycles. The number of methoxy groups -OCH3 is 1. The number of anilines is 1. The fourth-order valence-electron chi connectivity index (χ4n) is 2.42. The first-order valence-corrected chi connectivity index (χ1v) is 8.67. The number of nitrogens with zero attached hydrogens (tertiary/aromatic N) is 2. The molecule has 0 aliphatic rings. The molecule has 1 aromatic heterocycles. The van der Waals surface area contributed by atoms with Crippen LogP contribution in [0.15, 0.2) is 40.9 Å². The number of nitrogens with one attached hydrogen (secondary N) is 1. The fourth-order valence-corrected chi connectivity index (χ4v) is 2.65. The van der Waals surface area contributed by atoms with Crippen molar-refractivity contribution in [1.82, 2.24) is 10.1 Å². The number of hydrogen-bond acceptors (Lipinski definition) is 7. The van der Waals surface area contributed by atoms with Crippen molar-refractivity contribution in [3.05, 3.63) is 47.3 Å². The number of ether oxygens (including phenoxy) is 3. The number of aromatic nitrogens is 2. The summed E-state index contributed by atoms with van der Waals surface area (Å²) in [4.78, 5) is 4.20. The molecule has 0 fully saturated rings. The van der Waals surface area contributed by atoms with Gasteiger partial charge in [-0.3, -0.25) is 0 Å². The summed E-state index contributed by atoms with van der Waals surface area (Å²) in [6.07, 6.45) is 0. The van der Waals surface area contributed by atoms with E-state index >= 15 is 0 Å². The van der Waals surface area contributed by atoms with Gasteiger partial charge in [0.1, 0.15) is 5.75 Å². The van der Waals surface area contributed by atoms with Crippen LogP contribution in [0.5, 0.6) is 17.2 Å². The van der Waals surface area contributed by atoms with E-state index in [0.717, 1.165) is 0 Å². The van der Waals surface area contributed by atoms with E-state index in [1.54, 1.807) is 0 Å². The lowest BCUT2D eigenvalue weighted by molar-refractivity contribution is -0.0514. The van der Waals surface area contributed by atoms with Crippen molar-refractivity contribution in [3.8, 4) is 28.6 Å². The third-order valence-corrected chi connectivity index (χ3v) is 3.99. The van der Waals surface area contributed by atoms with Crippen molar-refractivity contribution < 1.29 is 36.3 Å². The SMILES string of the molecule is COc1cc(-c2noc(CNc3ccc(OC(F)F)c(Cl)c3)n2)ccc1OC(F)F. The van der Waals surface area contributed by atoms with E-state index in [1.165, 1.54) is 43.5 Å². The summed E-state index contributed by atoms with van der Waals surface area (Å²) < 4.78 is 68.2. The van der Waals surface area contributed by atoms with Crippen LogP contribution < -0.4 is 19.5 Å². The summed E-state index contributed by atoms with van der Waals surface area (Å²) in [7, 11) is 1.31. The van der Waals surface area contributed by atoms with Gasteiger partial charge in [-0.05, 0) is 36.4 Å². The molecule has 0 unspecified atom stereocenters. The number of hydrogen-bond donors (Lipinski definition) is 1. The van der Waals surface area contributed by atoms with Gasteiger partial charge in [-0.2, -0.15) is 22.5 Å². The highest BCUT2D eigenvalue weighted by molar-refractivity contribution is 6.32. The number of rotatable bonds is 9. The van der Waals surface area contributed by atoms with Gasteiger partial charge in [-0.1, -0.05) is 16.8 Å². The molecule has 0 amide bonds. The summed E-state index contributed by atoms with van der Waals surface area (Å²) in [6.45, 7) is -5.85. The molecule has 2 aromatic carbocycles. The van der Waals surface area contributed by atoms with Crippen LogP contribution in [0.4, 0.5) is 23.2 Å². The Morgan fingerprint density at radius 3 is 2.37 bits per heavy atom. The zero-order chi connectivity index (χ0) is 21.7. The quantitative estimate of drug-likeness (QED) is 0.451. The van der Waals surface area contributed by atoms with Gasteiger partial charge in [0, 0.05) is 11.3 Å². The van der Waals surface area contributed by atoms with Gasteiger partial charge >= 0.3 is 13.2 Å². The molecule has 0 saturated heterocycles. The first-order valence-electron chi connectivity index (χ1n) is 8.29. The molecule has 0 bridgehead atoms. The minimum absolute atomic E-state index is 0.00437. The Morgan fingerprint density at radius 2 is 1.70 bits per heavy atom. The molecule has 0 spiro atoms. The lowest BCUT2D eigenvalue weighted by Gasteiger charge is -2.10. The van der Waals surface area contributed by atoms with E-state index < -0.39 is 13.2 Å². The lowest BCUT2D eigenvalue weighted by Crippen LogP contribution is -2.04. The topological polar surface area (TPSA) is 78.6 Å². The van der Waals surface area contributed by atoms with Crippen LogP contribution in [0.25, 0.3) is 11.4 Å². The second-order valence-electron chi connectivity index (χ2n) is 5.63. The molecule has 30 heavy (non-hydrogen) atoms. The molecule has 12 heteroatoms. The number of benzene rings is 2. The predicted molar refractivity (Wildman–Crippen MR) is 98.3 cm³/mol. The van der Waals surface area contributed by atoms with Gasteiger partial charge in [0.2, 0.25) is 11.7 Å². The second kappa shape index (κ2) is 9.53. The van der Waals surface area contributed by atoms with Crippen molar-refractivity contribution in [2.75, 3.05) is 12.4 Å². The number of alkyl halides is 4. The second-order valence-corrected chi connectivity index (χ2v) is 6.04. The Hall–Kier alpha value is -3.21. The van der Waals surface area contributed by atoms with Crippen LogP contribution in [0, 0.1) is 0 Å². The molecular weight excluding hydrogens is 434 g/mol. The van der Waals surface area contributed by atoms with Gasteiger partial charge in [-0.15, -0.1) is 0 Å². The molecule has 0 atom stereocenters. The normalized spacial score (nSPS) is 11.1. The molecule has 1 heterocycles. The maximum absolute atomic E-state index is 12.4. The first-order chi connectivity index (χ1) is 14.4. The van der Waals surface area contributed by atoms with E-state index in [1.807, 2.05) is 0 Å². The Morgan fingerprint density at radius 1 is 1.00 bits per heavy atom. The maximum atomic E-state index is 12.4. The zero-order valence-corrected chi connectivity index (χ0v) is 16.0. The van der Waals surface area contributed by atoms with Crippen molar-refractivity contribution in [1.29, 1.82) is 0 Å².